The van der Waals surface area contributed by atoms with E-state index in [4.69, 9.17) is 9.47 Å². The number of carboxylic acid groups (broad SMARTS) is 1. The lowest BCUT2D eigenvalue weighted by molar-refractivity contribution is 0.0694. The standard InChI is InChI=1S/C32H26FN3O5/c1-20(21-8-4-3-5-9-21)40-32(39)35-30-26(19-34-36(30)2)23-14-12-22(13-15-23)24-16-17-29(27(33)18-24)41-28-11-7-6-10-25(28)31(37)38/h3-20H,1-2H3,(H,35,39)(H,37,38)/t20-/m1/s1. The van der Waals surface area contributed by atoms with Crippen LogP contribution in [0.3, 0.4) is 0 Å². The fourth-order valence-corrected chi connectivity index (χ4v) is 4.33. The number of hydrogen-bond donors (Lipinski definition) is 2. The van der Waals surface area contributed by atoms with Crippen molar-refractivity contribution in [2.75, 3.05) is 5.32 Å². The van der Waals surface area contributed by atoms with Gasteiger partial charge in [-0.15, -0.1) is 0 Å². The monoisotopic (exact) mass is 551 g/mol. The minimum Gasteiger partial charge on any atom is -0.478 e. The smallest absolute Gasteiger partial charge is 0.413 e. The number of rotatable bonds is 8. The molecule has 206 valence electrons. The van der Waals surface area contributed by atoms with Gasteiger partial charge in [0.15, 0.2) is 11.6 Å². The number of aryl methyl sites for hydroxylation is 1. The molecular weight excluding hydrogens is 525 g/mol. The second-order valence-corrected chi connectivity index (χ2v) is 9.24. The number of ether oxygens (including phenoxy) is 2. The third-order valence-electron chi connectivity index (χ3n) is 6.51. The van der Waals surface area contributed by atoms with E-state index in [9.17, 15) is 19.1 Å². The molecule has 0 spiro atoms. The first-order chi connectivity index (χ1) is 19.8. The number of carbonyl (C=O) groups is 2. The Labute approximate surface area is 235 Å². The first kappa shape index (κ1) is 27.1. The number of para-hydroxylation sites is 1. The highest BCUT2D eigenvalue weighted by atomic mass is 19.1. The molecule has 5 aromatic rings. The third-order valence-corrected chi connectivity index (χ3v) is 6.51. The number of carboxylic acids is 1. The molecule has 0 saturated carbocycles. The molecule has 0 radical (unpaired) electrons. The second kappa shape index (κ2) is 11.7. The summed E-state index contributed by atoms with van der Waals surface area (Å²) in [7, 11) is 1.72. The van der Waals surface area contributed by atoms with E-state index in [0.29, 0.717) is 16.9 Å². The maximum atomic E-state index is 14.9. The van der Waals surface area contributed by atoms with Gasteiger partial charge in [0.05, 0.1) is 6.20 Å². The molecule has 0 fully saturated rings. The number of benzene rings is 4. The van der Waals surface area contributed by atoms with Gasteiger partial charge in [0.25, 0.3) is 0 Å². The normalized spacial score (nSPS) is 11.5. The van der Waals surface area contributed by atoms with Crippen LogP contribution in [0.25, 0.3) is 22.3 Å². The molecule has 0 aliphatic carbocycles. The Balaban J connectivity index is 1.31. The Morgan fingerprint density at radius 2 is 1.54 bits per heavy atom. The van der Waals surface area contributed by atoms with Crippen LogP contribution in [-0.4, -0.2) is 26.9 Å². The molecule has 1 aromatic heterocycles. The van der Waals surface area contributed by atoms with Crippen LogP contribution < -0.4 is 10.1 Å². The van der Waals surface area contributed by atoms with Crippen LogP contribution in [0.4, 0.5) is 15.0 Å². The molecule has 0 unspecified atom stereocenters. The Morgan fingerprint density at radius 1 is 0.878 bits per heavy atom. The van der Waals surface area contributed by atoms with Crippen molar-refractivity contribution >= 4 is 17.9 Å². The van der Waals surface area contributed by atoms with Gasteiger partial charge < -0.3 is 14.6 Å². The van der Waals surface area contributed by atoms with Gasteiger partial charge in [-0.25, -0.2) is 14.0 Å². The maximum absolute atomic E-state index is 14.9. The van der Waals surface area contributed by atoms with Crippen LogP contribution in [0, 0.1) is 5.82 Å². The number of nitrogens with zero attached hydrogens (tertiary/aromatic N) is 2. The fourth-order valence-electron chi connectivity index (χ4n) is 4.33. The van der Waals surface area contributed by atoms with E-state index >= 15 is 0 Å². The highest BCUT2D eigenvalue weighted by Gasteiger charge is 2.18. The number of aromatic nitrogens is 2. The van der Waals surface area contributed by atoms with Gasteiger partial charge in [0.2, 0.25) is 0 Å². The number of hydrogen-bond acceptors (Lipinski definition) is 5. The molecule has 5 rings (SSSR count). The van der Waals surface area contributed by atoms with Crippen molar-refractivity contribution in [2.24, 2.45) is 7.05 Å². The van der Waals surface area contributed by atoms with Crippen molar-refractivity contribution in [2.45, 2.75) is 13.0 Å². The third kappa shape index (κ3) is 6.09. The van der Waals surface area contributed by atoms with Crippen LogP contribution in [-0.2, 0) is 11.8 Å². The summed E-state index contributed by atoms with van der Waals surface area (Å²) in [6.45, 7) is 1.80. The van der Waals surface area contributed by atoms with Crippen molar-refractivity contribution in [1.29, 1.82) is 0 Å². The molecule has 4 aromatic carbocycles. The van der Waals surface area contributed by atoms with Gasteiger partial charge in [-0.05, 0) is 53.4 Å². The summed E-state index contributed by atoms with van der Waals surface area (Å²) in [6, 6.07) is 27.3. The highest BCUT2D eigenvalue weighted by molar-refractivity contribution is 5.91. The molecule has 1 atom stereocenters. The van der Waals surface area contributed by atoms with Crippen LogP contribution in [0.5, 0.6) is 11.5 Å². The lowest BCUT2D eigenvalue weighted by atomic mass is 10.0. The summed E-state index contributed by atoms with van der Waals surface area (Å²) in [5.74, 6) is -1.36. The molecule has 0 saturated heterocycles. The van der Waals surface area contributed by atoms with Gasteiger partial charge in [0, 0.05) is 12.6 Å². The number of amides is 1. The summed E-state index contributed by atoms with van der Waals surface area (Å²) in [6.07, 6.45) is 0.606. The average Bonchev–Trinajstić information content (AvgIpc) is 3.34. The van der Waals surface area contributed by atoms with E-state index in [-0.39, 0.29) is 17.1 Å². The quantitative estimate of drug-likeness (QED) is 0.205. The fraction of sp³-hybridized carbons (Fsp3) is 0.0938. The van der Waals surface area contributed by atoms with Crippen molar-refractivity contribution in [3.63, 3.8) is 0 Å². The van der Waals surface area contributed by atoms with E-state index in [1.54, 1.807) is 43.0 Å². The van der Waals surface area contributed by atoms with Crippen molar-refractivity contribution in [3.05, 3.63) is 120 Å². The number of anilines is 1. The van der Waals surface area contributed by atoms with Gasteiger partial charge in [-0.3, -0.25) is 10.00 Å². The number of halogens is 1. The van der Waals surface area contributed by atoms with E-state index in [1.807, 2.05) is 54.6 Å². The summed E-state index contributed by atoms with van der Waals surface area (Å²) in [4.78, 5) is 24.1. The maximum Gasteiger partial charge on any atom is 0.413 e. The van der Waals surface area contributed by atoms with E-state index in [0.717, 1.165) is 16.7 Å². The van der Waals surface area contributed by atoms with Crippen LogP contribution in [0.15, 0.2) is 103 Å². The Morgan fingerprint density at radius 3 is 2.24 bits per heavy atom. The van der Waals surface area contributed by atoms with E-state index in [2.05, 4.69) is 10.4 Å². The summed E-state index contributed by atoms with van der Waals surface area (Å²) < 4.78 is 27.6. The number of carbonyl (C=O) groups excluding carboxylic acids is 1. The van der Waals surface area contributed by atoms with Gasteiger partial charge in [0.1, 0.15) is 23.2 Å². The zero-order valence-corrected chi connectivity index (χ0v) is 22.2. The van der Waals surface area contributed by atoms with Gasteiger partial charge in [-0.2, -0.15) is 5.10 Å². The lowest BCUT2D eigenvalue weighted by Crippen LogP contribution is -2.18. The SMILES string of the molecule is C[C@@H](OC(=O)Nc1c(-c2ccc(-c3ccc(Oc4ccccc4C(=O)O)c(F)c3)cc2)cnn1C)c1ccccc1. The summed E-state index contributed by atoms with van der Waals surface area (Å²) >= 11 is 0. The topological polar surface area (TPSA) is 103 Å². The predicted molar refractivity (Wildman–Crippen MR) is 152 cm³/mol. The molecule has 1 amide bonds. The Bertz CT molecular complexity index is 1700. The predicted octanol–water partition coefficient (Wildman–Crippen LogP) is 7.69. The van der Waals surface area contributed by atoms with E-state index in [1.165, 1.54) is 24.3 Å². The average molecular weight is 552 g/mol. The number of aromatic carboxylic acids is 1. The molecule has 0 aliphatic rings. The molecule has 41 heavy (non-hydrogen) atoms. The molecule has 2 N–H and O–H groups in total. The molecule has 1 heterocycles. The van der Waals surface area contributed by atoms with Crippen LogP contribution in [0.2, 0.25) is 0 Å². The molecule has 0 aliphatic heterocycles. The first-order valence-electron chi connectivity index (χ1n) is 12.8. The molecular formula is C32H26FN3O5. The van der Waals surface area contributed by atoms with E-state index < -0.39 is 24.0 Å². The highest BCUT2D eigenvalue weighted by Crippen LogP contribution is 2.33. The van der Waals surface area contributed by atoms with Crippen molar-refractivity contribution < 1.29 is 28.6 Å². The second-order valence-electron chi connectivity index (χ2n) is 9.24. The largest absolute Gasteiger partial charge is 0.478 e. The lowest BCUT2D eigenvalue weighted by Gasteiger charge is -2.15. The van der Waals surface area contributed by atoms with Crippen LogP contribution >= 0.6 is 0 Å². The van der Waals surface area contributed by atoms with Crippen molar-refractivity contribution in [1.82, 2.24) is 9.78 Å². The zero-order chi connectivity index (χ0) is 28.9. The van der Waals surface area contributed by atoms with Crippen LogP contribution in [0.1, 0.15) is 28.9 Å². The summed E-state index contributed by atoms with van der Waals surface area (Å²) in [5.41, 5.74) is 3.66. The first-order valence-corrected chi connectivity index (χ1v) is 12.8. The molecule has 8 nitrogen and oxygen atoms in total. The number of nitrogens with one attached hydrogen (secondary N) is 1. The minimum atomic E-state index is -1.16. The van der Waals surface area contributed by atoms with Gasteiger partial charge in [-0.1, -0.05) is 72.8 Å². The Hall–Kier alpha value is -5.44. The molecule has 9 heteroatoms. The Kier molecular flexibility index (Phi) is 7.78. The van der Waals surface area contributed by atoms with Gasteiger partial charge >= 0.3 is 12.1 Å². The zero-order valence-electron chi connectivity index (χ0n) is 22.2. The minimum absolute atomic E-state index is 0.0512. The molecule has 0 bridgehead atoms. The van der Waals surface area contributed by atoms with Crippen molar-refractivity contribution in [3.8, 4) is 33.8 Å². The summed E-state index contributed by atoms with van der Waals surface area (Å²) in [5, 5.41) is 16.4.